The van der Waals surface area contributed by atoms with E-state index in [0.717, 1.165) is 22.6 Å². The van der Waals surface area contributed by atoms with Crippen molar-refractivity contribution in [3.63, 3.8) is 0 Å². The van der Waals surface area contributed by atoms with Gasteiger partial charge in [-0.1, -0.05) is 29.5 Å². The van der Waals surface area contributed by atoms with Gasteiger partial charge in [0, 0.05) is 30.9 Å². The predicted molar refractivity (Wildman–Crippen MR) is 137 cm³/mol. The normalized spacial score (nSPS) is 13.6. The van der Waals surface area contributed by atoms with Crippen molar-refractivity contribution < 1.29 is 27.8 Å². The minimum absolute atomic E-state index is 0.104. The van der Waals surface area contributed by atoms with E-state index in [4.69, 9.17) is 9.84 Å². The van der Waals surface area contributed by atoms with Crippen molar-refractivity contribution in [2.45, 2.75) is 13.0 Å². The summed E-state index contributed by atoms with van der Waals surface area (Å²) in [6.45, 7) is 0.700. The van der Waals surface area contributed by atoms with Crippen LogP contribution in [0.4, 0.5) is 24.0 Å². The van der Waals surface area contributed by atoms with Gasteiger partial charge in [-0.05, 0) is 48.4 Å². The number of benzene rings is 3. The maximum absolute atomic E-state index is 15.2. The molecule has 3 aromatic carbocycles. The molecule has 1 saturated heterocycles. The molecule has 0 atom stereocenters. The molecule has 0 radical (unpaired) electrons. The molecule has 192 valence electrons. The van der Waals surface area contributed by atoms with E-state index in [0.29, 0.717) is 34.0 Å². The standard InChI is InChI=1S/C27H24F3N3O3S/c1-36-19-7-5-16(6-8-19)9-10-32(27-31-24-4-2-3-21(28)25(24)37-27)15-20-22(29)11-18(12-23(20)30)33-13-17(14-33)26(34)35/h2-8,11-12,17H,9-10,13-15H2,1H3,(H,34,35). The van der Waals surface area contributed by atoms with Crippen molar-refractivity contribution in [3.05, 3.63) is 83.2 Å². The van der Waals surface area contributed by atoms with Crippen LogP contribution in [0.5, 0.6) is 5.75 Å². The first-order valence-corrected chi connectivity index (χ1v) is 12.5. The number of fused-ring (bicyclic) bond motifs is 1. The van der Waals surface area contributed by atoms with Gasteiger partial charge in [-0.3, -0.25) is 4.79 Å². The van der Waals surface area contributed by atoms with Gasteiger partial charge in [0.2, 0.25) is 0 Å². The number of aliphatic carboxylic acids is 1. The van der Waals surface area contributed by atoms with Gasteiger partial charge in [-0.2, -0.15) is 0 Å². The molecule has 10 heteroatoms. The molecular formula is C27H24F3N3O3S. The Morgan fingerprint density at radius 1 is 1.11 bits per heavy atom. The molecular weight excluding hydrogens is 503 g/mol. The third kappa shape index (κ3) is 5.20. The first kappa shape index (κ1) is 24.9. The number of nitrogens with zero attached hydrogens (tertiary/aromatic N) is 3. The molecule has 1 aliphatic heterocycles. The fourth-order valence-electron chi connectivity index (χ4n) is 4.30. The van der Waals surface area contributed by atoms with E-state index in [1.807, 2.05) is 24.3 Å². The second-order valence-corrected chi connectivity index (χ2v) is 9.91. The molecule has 1 aliphatic rings. The van der Waals surface area contributed by atoms with E-state index in [9.17, 15) is 9.18 Å². The Bertz CT molecular complexity index is 1420. The molecule has 1 N–H and O–H groups in total. The van der Waals surface area contributed by atoms with Gasteiger partial charge >= 0.3 is 5.97 Å². The molecule has 1 aromatic heterocycles. The summed E-state index contributed by atoms with van der Waals surface area (Å²) < 4.78 is 50.3. The number of methoxy groups -OCH3 is 1. The lowest BCUT2D eigenvalue weighted by atomic mass is 9.99. The van der Waals surface area contributed by atoms with Gasteiger partial charge in [0.15, 0.2) is 5.13 Å². The Labute approximate surface area is 215 Å². The fourth-order valence-corrected chi connectivity index (χ4v) is 5.29. The Balaban J connectivity index is 1.41. The minimum atomic E-state index is -0.923. The summed E-state index contributed by atoms with van der Waals surface area (Å²) in [6.07, 6.45) is 0.564. The molecule has 0 bridgehead atoms. The highest BCUT2D eigenvalue weighted by Crippen LogP contribution is 2.34. The van der Waals surface area contributed by atoms with Crippen LogP contribution >= 0.6 is 11.3 Å². The van der Waals surface area contributed by atoms with E-state index >= 15 is 8.78 Å². The van der Waals surface area contributed by atoms with E-state index in [2.05, 4.69) is 4.98 Å². The van der Waals surface area contributed by atoms with Gasteiger partial charge in [0.05, 0.1) is 29.8 Å². The summed E-state index contributed by atoms with van der Waals surface area (Å²) >= 11 is 1.14. The van der Waals surface area contributed by atoms with Gasteiger partial charge in [0.1, 0.15) is 23.2 Å². The van der Waals surface area contributed by atoms with Crippen molar-refractivity contribution in [1.82, 2.24) is 4.98 Å². The molecule has 1 fully saturated rings. The maximum Gasteiger partial charge on any atom is 0.310 e. The van der Waals surface area contributed by atoms with Gasteiger partial charge in [-0.15, -0.1) is 0 Å². The van der Waals surface area contributed by atoms with Crippen molar-refractivity contribution in [2.75, 3.05) is 36.5 Å². The number of ether oxygens (including phenoxy) is 1. The summed E-state index contributed by atoms with van der Waals surface area (Å²) in [7, 11) is 1.59. The summed E-state index contributed by atoms with van der Waals surface area (Å²) in [5.41, 5.74) is 1.66. The van der Waals surface area contributed by atoms with Crippen LogP contribution in [0.3, 0.4) is 0 Å². The lowest BCUT2D eigenvalue weighted by Gasteiger charge is -2.38. The van der Waals surface area contributed by atoms with Crippen molar-refractivity contribution >= 4 is 38.3 Å². The number of aromatic nitrogens is 1. The first-order valence-electron chi connectivity index (χ1n) is 11.7. The highest BCUT2D eigenvalue weighted by molar-refractivity contribution is 7.22. The second-order valence-electron chi connectivity index (χ2n) is 8.93. The second kappa shape index (κ2) is 10.3. The number of carboxylic acids is 1. The molecule has 5 rings (SSSR count). The van der Waals surface area contributed by atoms with Crippen LogP contribution in [0, 0.1) is 23.4 Å². The number of thiazole rings is 1. The smallest absolute Gasteiger partial charge is 0.310 e. The number of carboxylic acid groups (broad SMARTS) is 1. The summed E-state index contributed by atoms with van der Waals surface area (Å²) in [4.78, 5) is 19.0. The lowest BCUT2D eigenvalue weighted by molar-refractivity contribution is -0.142. The van der Waals surface area contributed by atoms with Crippen LogP contribution in [0.2, 0.25) is 0 Å². The number of anilines is 2. The number of hydrogen-bond donors (Lipinski definition) is 1. The van der Waals surface area contributed by atoms with E-state index in [1.165, 1.54) is 18.2 Å². The average Bonchev–Trinajstić information content (AvgIpc) is 3.28. The molecule has 4 aromatic rings. The first-order chi connectivity index (χ1) is 17.8. The highest BCUT2D eigenvalue weighted by atomic mass is 32.1. The topological polar surface area (TPSA) is 65.9 Å². The molecule has 0 unspecified atom stereocenters. The number of rotatable bonds is 9. The molecule has 0 saturated carbocycles. The van der Waals surface area contributed by atoms with E-state index in [1.54, 1.807) is 29.0 Å². The van der Waals surface area contributed by atoms with Crippen LogP contribution in [0.25, 0.3) is 10.2 Å². The quantitative estimate of drug-likeness (QED) is 0.311. The van der Waals surface area contributed by atoms with Crippen LogP contribution < -0.4 is 14.5 Å². The number of carbonyl (C=O) groups is 1. The third-order valence-corrected chi connectivity index (χ3v) is 7.67. The highest BCUT2D eigenvalue weighted by Gasteiger charge is 2.33. The average molecular weight is 528 g/mol. The largest absolute Gasteiger partial charge is 0.497 e. The number of halogens is 3. The molecule has 0 amide bonds. The molecule has 0 aliphatic carbocycles. The van der Waals surface area contributed by atoms with Crippen molar-refractivity contribution in [3.8, 4) is 5.75 Å². The van der Waals surface area contributed by atoms with Crippen LogP contribution in [-0.2, 0) is 17.8 Å². The van der Waals surface area contributed by atoms with E-state index < -0.39 is 29.3 Å². The molecule has 0 spiro atoms. The summed E-state index contributed by atoms with van der Waals surface area (Å²) in [5.74, 6) is -2.59. The maximum atomic E-state index is 15.2. The van der Waals surface area contributed by atoms with Gasteiger partial charge < -0.3 is 19.6 Å². The third-order valence-electron chi connectivity index (χ3n) is 6.53. The zero-order valence-electron chi connectivity index (χ0n) is 20.0. The van der Waals surface area contributed by atoms with Crippen LogP contribution in [-0.4, -0.2) is 42.8 Å². The SMILES string of the molecule is COc1ccc(CCN(Cc2c(F)cc(N3CC(C(=O)O)C3)cc2F)c2nc3cccc(F)c3s2)cc1. The van der Waals surface area contributed by atoms with Crippen LogP contribution in [0.15, 0.2) is 54.6 Å². The number of hydrogen-bond acceptors (Lipinski definition) is 6. The van der Waals surface area contributed by atoms with Crippen LogP contribution in [0.1, 0.15) is 11.1 Å². The Hall–Kier alpha value is -3.79. The lowest BCUT2D eigenvalue weighted by Crippen LogP contribution is -2.50. The summed E-state index contributed by atoms with van der Waals surface area (Å²) in [6, 6.07) is 14.6. The van der Waals surface area contributed by atoms with E-state index in [-0.39, 0.29) is 25.2 Å². The monoisotopic (exact) mass is 527 g/mol. The Morgan fingerprint density at radius 2 is 1.81 bits per heavy atom. The predicted octanol–water partition coefficient (Wildman–Crippen LogP) is 5.49. The van der Waals surface area contributed by atoms with Gasteiger partial charge in [0.25, 0.3) is 0 Å². The zero-order chi connectivity index (χ0) is 26.1. The fraction of sp³-hybridized carbons (Fsp3) is 0.259. The molecule has 37 heavy (non-hydrogen) atoms. The molecule has 2 heterocycles. The van der Waals surface area contributed by atoms with Gasteiger partial charge in [-0.25, -0.2) is 18.2 Å². The minimum Gasteiger partial charge on any atom is -0.497 e. The zero-order valence-corrected chi connectivity index (χ0v) is 20.8. The van der Waals surface area contributed by atoms with Crippen molar-refractivity contribution in [1.29, 1.82) is 0 Å². The Morgan fingerprint density at radius 3 is 2.43 bits per heavy atom. The van der Waals surface area contributed by atoms with Crippen molar-refractivity contribution in [2.24, 2.45) is 5.92 Å². The Kier molecular flexibility index (Phi) is 6.92. The summed E-state index contributed by atoms with van der Waals surface area (Å²) in [5, 5.41) is 9.53. The molecule has 6 nitrogen and oxygen atoms in total.